The predicted molar refractivity (Wildman–Crippen MR) is 40.6 cm³/mol. The first-order valence-corrected chi connectivity index (χ1v) is 6.94. The second kappa shape index (κ2) is 2.22. The van der Waals surface area contributed by atoms with Gasteiger partial charge in [-0.3, -0.25) is 0 Å². The third-order valence-electron chi connectivity index (χ3n) is 2.05. The molecule has 0 N–H and O–H groups in total. The molecular weight excluding hydrogens is 112 g/mol. The Labute approximate surface area is 53.3 Å². The lowest BCUT2D eigenvalue weighted by Crippen LogP contribution is -2.27. The zero-order chi connectivity index (χ0) is 6.04. The van der Waals surface area contributed by atoms with Crippen molar-refractivity contribution in [2.45, 2.75) is 38.0 Å². The fraction of sp³-hybridized carbons (Fsp3) is 0.857. The van der Waals surface area contributed by atoms with E-state index in [9.17, 15) is 0 Å². The summed E-state index contributed by atoms with van der Waals surface area (Å²) < 4.78 is 0. The largest absolute Gasteiger partial charge is 0.0693 e. The second-order valence-electron chi connectivity index (χ2n) is 3.53. The van der Waals surface area contributed by atoms with E-state index in [-0.39, 0.29) is 0 Å². The Hall–Kier alpha value is 0.217. The molecule has 0 bridgehead atoms. The van der Waals surface area contributed by atoms with Gasteiger partial charge in [-0.2, -0.15) is 0 Å². The van der Waals surface area contributed by atoms with Gasteiger partial charge >= 0.3 is 0 Å². The molecule has 1 radical (unpaired) electrons. The summed E-state index contributed by atoms with van der Waals surface area (Å²) in [6, 6.07) is 3.07. The highest BCUT2D eigenvalue weighted by molar-refractivity contribution is 6.77. The predicted octanol–water partition coefficient (Wildman–Crippen LogP) is 2.69. The maximum absolute atomic E-state index is 2.50. The van der Waals surface area contributed by atoms with Crippen LogP contribution in [-0.4, -0.2) is 8.07 Å². The van der Waals surface area contributed by atoms with E-state index in [1.165, 1.54) is 24.9 Å². The van der Waals surface area contributed by atoms with E-state index in [4.69, 9.17) is 0 Å². The Morgan fingerprint density at radius 2 is 1.62 bits per heavy atom. The van der Waals surface area contributed by atoms with Crippen LogP contribution in [0.25, 0.3) is 0 Å². The van der Waals surface area contributed by atoms with E-state index >= 15 is 0 Å². The fourth-order valence-corrected chi connectivity index (χ4v) is 3.48. The highest BCUT2D eigenvalue weighted by atomic mass is 28.3. The van der Waals surface area contributed by atoms with Crippen LogP contribution in [0, 0.1) is 6.42 Å². The third kappa shape index (κ3) is 1.62. The SMILES string of the molecule is C[Si]1(C)CC[CH]CC1. The van der Waals surface area contributed by atoms with Gasteiger partial charge in [0.2, 0.25) is 0 Å². The number of hydrogen-bond donors (Lipinski definition) is 0. The molecule has 1 heteroatoms. The minimum Gasteiger partial charge on any atom is -0.0693 e. The van der Waals surface area contributed by atoms with Crippen molar-refractivity contribution >= 4 is 8.07 Å². The summed E-state index contributed by atoms with van der Waals surface area (Å²) in [5.74, 6) is 0. The maximum Gasteiger partial charge on any atom is 0.0473 e. The van der Waals surface area contributed by atoms with E-state index in [0.29, 0.717) is 0 Å². The zero-order valence-corrected chi connectivity index (χ0v) is 6.91. The number of rotatable bonds is 0. The zero-order valence-electron chi connectivity index (χ0n) is 5.91. The molecule has 0 nitrogen and oxygen atoms in total. The molecule has 1 aliphatic heterocycles. The summed E-state index contributed by atoms with van der Waals surface area (Å²) in [6.07, 6.45) is 5.25. The number of hydrogen-bond acceptors (Lipinski definition) is 0. The molecule has 0 saturated carbocycles. The Kier molecular flexibility index (Phi) is 1.76. The van der Waals surface area contributed by atoms with E-state index in [1.807, 2.05) is 0 Å². The molecule has 0 aromatic carbocycles. The second-order valence-corrected chi connectivity index (χ2v) is 8.86. The first-order valence-electron chi connectivity index (χ1n) is 3.52. The topological polar surface area (TPSA) is 0 Å². The normalized spacial score (nSPS) is 27.8. The lowest BCUT2D eigenvalue weighted by molar-refractivity contribution is 0.880. The van der Waals surface area contributed by atoms with E-state index in [1.54, 1.807) is 0 Å². The van der Waals surface area contributed by atoms with Crippen LogP contribution < -0.4 is 0 Å². The summed E-state index contributed by atoms with van der Waals surface area (Å²) in [7, 11) is -0.622. The third-order valence-corrected chi connectivity index (χ3v) is 5.33. The lowest BCUT2D eigenvalue weighted by atomic mass is 10.3. The highest BCUT2D eigenvalue weighted by Crippen LogP contribution is 2.26. The van der Waals surface area contributed by atoms with E-state index in [2.05, 4.69) is 19.5 Å². The molecule has 1 rings (SSSR count). The molecule has 1 saturated heterocycles. The van der Waals surface area contributed by atoms with Crippen molar-refractivity contribution in [3.8, 4) is 0 Å². The van der Waals surface area contributed by atoms with Gasteiger partial charge in [-0.25, -0.2) is 0 Å². The maximum atomic E-state index is 2.50. The smallest absolute Gasteiger partial charge is 0.0473 e. The van der Waals surface area contributed by atoms with Crippen LogP contribution in [0.15, 0.2) is 0 Å². The molecule has 0 aromatic heterocycles. The summed E-state index contributed by atoms with van der Waals surface area (Å²) in [6.45, 7) is 5.00. The monoisotopic (exact) mass is 127 g/mol. The quantitative estimate of drug-likeness (QED) is 0.439. The van der Waals surface area contributed by atoms with Crippen LogP contribution in [0.1, 0.15) is 12.8 Å². The van der Waals surface area contributed by atoms with Crippen molar-refractivity contribution in [2.24, 2.45) is 0 Å². The average molecular weight is 127 g/mol. The highest BCUT2D eigenvalue weighted by Gasteiger charge is 2.22. The van der Waals surface area contributed by atoms with Crippen molar-refractivity contribution in [1.82, 2.24) is 0 Å². The average Bonchev–Trinajstić information content (AvgIpc) is 1.65. The van der Waals surface area contributed by atoms with Crippen molar-refractivity contribution in [3.63, 3.8) is 0 Å². The van der Waals surface area contributed by atoms with E-state index < -0.39 is 8.07 Å². The van der Waals surface area contributed by atoms with Gasteiger partial charge in [0.1, 0.15) is 0 Å². The standard InChI is InChI=1S/C7H15Si/c1-8(2)6-4-3-5-7-8/h3H,4-7H2,1-2H3. The summed E-state index contributed by atoms with van der Waals surface area (Å²) in [4.78, 5) is 0. The minimum atomic E-state index is -0.622. The van der Waals surface area contributed by atoms with Gasteiger partial charge in [0.15, 0.2) is 0 Å². The molecule has 8 heavy (non-hydrogen) atoms. The molecule has 0 amide bonds. The van der Waals surface area contributed by atoms with Crippen LogP contribution in [0.5, 0.6) is 0 Å². The van der Waals surface area contributed by atoms with Crippen LogP contribution >= 0.6 is 0 Å². The Morgan fingerprint density at radius 1 is 1.12 bits per heavy atom. The van der Waals surface area contributed by atoms with Crippen LogP contribution in [0.4, 0.5) is 0 Å². The molecule has 0 atom stereocenters. The Balaban J connectivity index is 2.33. The van der Waals surface area contributed by atoms with Crippen molar-refractivity contribution in [3.05, 3.63) is 6.42 Å². The molecule has 1 heterocycles. The summed E-state index contributed by atoms with van der Waals surface area (Å²) in [5.41, 5.74) is 0. The van der Waals surface area contributed by atoms with Gasteiger partial charge in [0, 0.05) is 8.07 Å². The molecule has 1 aliphatic rings. The minimum absolute atomic E-state index is 0.622. The van der Waals surface area contributed by atoms with Crippen LogP contribution in [0.3, 0.4) is 0 Å². The summed E-state index contributed by atoms with van der Waals surface area (Å²) >= 11 is 0. The van der Waals surface area contributed by atoms with E-state index in [0.717, 1.165) is 0 Å². The van der Waals surface area contributed by atoms with Crippen molar-refractivity contribution in [1.29, 1.82) is 0 Å². The molecule has 0 unspecified atom stereocenters. The van der Waals surface area contributed by atoms with Gasteiger partial charge in [-0.15, -0.1) is 0 Å². The fourth-order valence-electron chi connectivity index (χ4n) is 1.25. The molecular formula is C7H15Si. The first kappa shape index (κ1) is 6.34. The molecule has 1 fully saturated rings. The Bertz CT molecular complexity index is 68.5. The van der Waals surface area contributed by atoms with Gasteiger partial charge in [-0.05, 0) is 6.42 Å². The van der Waals surface area contributed by atoms with Gasteiger partial charge in [0.05, 0.1) is 0 Å². The van der Waals surface area contributed by atoms with Crippen molar-refractivity contribution < 1.29 is 0 Å². The molecule has 0 spiro atoms. The van der Waals surface area contributed by atoms with Gasteiger partial charge in [-0.1, -0.05) is 38.0 Å². The molecule has 0 aromatic rings. The van der Waals surface area contributed by atoms with Crippen molar-refractivity contribution in [2.75, 3.05) is 0 Å². The van der Waals surface area contributed by atoms with Crippen LogP contribution in [-0.2, 0) is 0 Å². The molecule has 47 valence electrons. The van der Waals surface area contributed by atoms with Crippen LogP contribution in [0.2, 0.25) is 25.2 Å². The van der Waals surface area contributed by atoms with Gasteiger partial charge in [0.25, 0.3) is 0 Å². The molecule has 0 aliphatic carbocycles. The first-order chi connectivity index (χ1) is 3.71. The summed E-state index contributed by atoms with van der Waals surface area (Å²) in [5, 5.41) is 0. The lowest BCUT2D eigenvalue weighted by Gasteiger charge is -2.26. The Morgan fingerprint density at radius 3 is 1.88 bits per heavy atom. The van der Waals surface area contributed by atoms with Gasteiger partial charge < -0.3 is 0 Å².